The Morgan fingerprint density at radius 3 is 2.55 bits per heavy atom. The van der Waals surface area contributed by atoms with Crippen molar-refractivity contribution in [1.29, 1.82) is 0 Å². The first-order valence-corrected chi connectivity index (χ1v) is 16.9. The molecule has 6 rings (SSSR count). The number of nitro groups is 1. The second kappa shape index (κ2) is 15.7. The molecule has 0 spiro atoms. The van der Waals surface area contributed by atoms with Crippen molar-refractivity contribution in [3.8, 4) is 28.0 Å². The number of amides is 1. The van der Waals surface area contributed by atoms with E-state index in [4.69, 9.17) is 16.3 Å². The van der Waals surface area contributed by atoms with Gasteiger partial charge in [0.1, 0.15) is 11.5 Å². The van der Waals surface area contributed by atoms with Crippen molar-refractivity contribution in [1.82, 2.24) is 25.7 Å². The molecule has 0 saturated carbocycles. The summed E-state index contributed by atoms with van der Waals surface area (Å²) in [6.45, 7) is 4.67. The van der Waals surface area contributed by atoms with Crippen LogP contribution in [0.4, 0.5) is 5.69 Å². The third-order valence-corrected chi connectivity index (χ3v) is 9.58. The second-order valence-corrected chi connectivity index (χ2v) is 12.9. The van der Waals surface area contributed by atoms with Crippen LogP contribution in [0.5, 0.6) is 5.75 Å². The zero-order valence-corrected chi connectivity index (χ0v) is 28.8. The van der Waals surface area contributed by atoms with Crippen molar-refractivity contribution in [3.05, 3.63) is 123 Å². The number of fused-ring (bicyclic) bond motifs is 1. The van der Waals surface area contributed by atoms with E-state index in [2.05, 4.69) is 51.9 Å². The van der Waals surface area contributed by atoms with Gasteiger partial charge in [-0.25, -0.2) is 0 Å². The molecule has 264 valence electrons. The summed E-state index contributed by atoms with van der Waals surface area (Å²) in [4.78, 5) is 23.2. The van der Waals surface area contributed by atoms with E-state index in [9.17, 15) is 25.1 Å². The van der Waals surface area contributed by atoms with E-state index in [0.717, 1.165) is 51.7 Å². The number of hydrogen-bond acceptors (Lipinski definition) is 9. The van der Waals surface area contributed by atoms with Gasteiger partial charge in [0.05, 0.1) is 53.5 Å². The van der Waals surface area contributed by atoms with Gasteiger partial charge in [0.2, 0.25) is 5.91 Å². The minimum absolute atomic E-state index is 0.0900. The number of methoxy groups -OCH3 is 1. The van der Waals surface area contributed by atoms with E-state index in [1.807, 2.05) is 36.4 Å². The van der Waals surface area contributed by atoms with E-state index in [0.29, 0.717) is 34.9 Å². The molecule has 0 radical (unpaired) electrons. The first-order chi connectivity index (χ1) is 24.7. The van der Waals surface area contributed by atoms with Gasteiger partial charge >= 0.3 is 0 Å². The summed E-state index contributed by atoms with van der Waals surface area (Å²) in [6.07, 6.45) is 3.19. The number of halogens is 1. The fourth-order valence-corrected chi connectivity index (χ4v) is 6.75. The molecule has 2 atom stereocenters. The van der Waals surface area contributed by atoms with Crippen LogP contribution in [0.25, 0.3) is 33.2 Å². The molecule has 5 N–H and O–H groups in total. The first-order valence-electron chi connectivity index (χ1n) is 16.6. The van der Waals surface area contributed by atoms with Crippen LogP contribution in [0.3, 0.4) is 0 Å². The van der Waals surface area contributed by atoms with Crippen LogP contribution in [0.15, 0.2) is 91.3 Å². The Balaban J connectivity index is 1.24. The number of carbonyl (C=O) groups is 1. The Labute approximate surface area is 299 Å². The Morgan fingerprint density at radius 2 is 1.86 bits per heavy atom. The minimum Gasteiger partial charge on any atom is -0.511 e. The molecule has 1 aliphatic heterocycles. The fourth-order valence-electron chi connectivity index (χ4n) is 6.41. The monoisotopic (exact) mass is 710 g/mol. The zero-order valence-electron chi connectivity index (χ0n) is 28.1. The van der Waals surface area contributed by atoms with Crippen molar-refractivity contribution in [2.24, 2.45) is 0 Å². The van der Waals surface area contributed by atoms with Crippen LogP contribution in [-0.4, -0.2) is 63.2 Å². The highest BCUT2D eigenvalue weighted by molar-refractivity contribution is 6.36. The lowest BCUT2D eigenvalue weighted by Crippen LogP contribution is -2.35. The molecular weight excluding hydrogens is 672 g/mol. The number of aliphatic hydroxyl groups excluding tert-OH is 2. The maximum Gasteiger partial charge on any atom is 0.275 e. The lowest BCUT2D eigenvalue weighted by Gasteiger charge is -2.17. The number of aliphatic hydroxyl groups is 2. The lowest BCUT2D eigenvalue weighted by atomic mass is 9.96. The molecule has 1 aliphatic rings. The number of benzene rings is 4. The van der Waals surface area contributed by atoms with Crippen LogP contribution in [0.2, 0.25) is 5.02 Å². The van der Waals surface area contributed by atoms with Gasteiger partial charge in [-0.2, -0.15) is 5.10 Å². The molecule has 12 nitrogen and oxygen atoms in total. The molecule has 5 aromatic rings. The summed E-state index contributed by atoms with van der Waals surface area (Å²) in [5.41, 5.74) is 6.23. The third kappa shape index (κ3) is 7.89. The maximum atomic E-state index is 12.2. The Kier molecular flexibility index (Phi) is 11.0. The van der Waals surface area contributed by atoms with Crippen LogP contribution < -0.4 is 20.7 Å². The first kappa shape index (κ1) is 35.6. The van der Waals surface area contributed by atoms with E-state index in [1.54, 1.807) is 16.9 Å². The van der Waals surface area contributed by atoms with Crippen LogP contribution in [0, 0.1) is 10.1 Å². The highest BCUT2D eigenvalue weighted by Gasteiger charge is 2.23. The van der Waals surface area contributed by atoms with Crippen molar-refractivity contribution in [3.63, 3.8) is 0 Å². The molecular formula is C38H39ClN6O6. The normalized spacial score (nSPS) is 14.8. The summed E-state index contributed by atoms with van der Waals surface area (Å²) in [5, 5.41) is 46.8. The predicted molar refractivity (Wildman–Crippen MR) is 197 cm³/mol. The standard InChI is InChI=1S/C38H39ClN6O6/c1-23(47)33(22-46)41-18-26-15-35(45(49)50)27(16-36(26)51-2)21-44-34-8-4-6-30(32(34)20-42-44)31-7-3-5-29(38(31)39)25-11-9-24(10-12-25)17-40-19-28-13-14-37(48)43-28/h3-12,15-16,20,28,33,40-41,46-47H,1,13-14,17-19,21-22H2,2H3,(H,43,48). The SMILES string of the molecule is C=C(O)C(CO)NCc1cc([N+](=O)[O-])c(Cn2ncc3c(-c4cccc(-c5ccc(CNCC6CCC(=O)N6)cc5)c4Cl)cccc32)cc1OC. The van der Waals surface area contributed by atoms with Gasteiger partial charge < -0.3 is 30.9 Å². The van der Waals surface area contributed by atoms with E-state index < -0.39 is 17.6 Å². The summed E-state index contributed by atoms with van der Waals surface area (Å²) in [5.74, 6) is 0.278. The zero-order chi connectivity index (χ0) is 36.1. The molecule has 1 aromatic heterocycles. The average Bonchev–Trinajstić information content (AvgIpc) is 3.74. The van der Waals surface area contributed by atoms with Gasteiger partial charge in [0, 0.05) is 60.2 Å². The minimum atomic E-state index is -0.792. The van der Waals surface area contributed by atoms with Crippen molar-refractivity contribution in [2.75, 3.05) is 20.3 Å². The average molecular weight is 711 g/mol. The summed E-state index contributed by atoms with van der Waals surface area (Å²) in [6, 6.07) is 22.4. The van der Waals surface area contributed by atoms with E-state index in [-0.39, 0.29) is 36.5 Å². The number of aromatic nitrogens is 2. The van der Waals surface area contributed by atoms with Gasteiger partial charge in [-0.15, -0.1) is 0 Å². The topological polar surface area (TPSA) is 164 Å². The number of nitrogens with one attached hydrogen (secondary N) is 3. The fraction of sp³-hybridized carbons (Fsp3) is 0.263. The molecule has 1 amide bonds. The van der Waals surface area contributed by atoms with Gasteiger partial charge in [0.15, 0.2) is 0 Å². The Morgan fingerprint density at radius 1 is 1.12 bits per heavy atom. The number of carbonyl (C=O) groups excluding carboxylic acids is 1. The molecule has 1 fully saturated rings. The van der Waals surface area contributed by atoms with E-state index >= 15 is 0 Å². The van der Waals surface area contributed by atoms with Gasteiger partial charge in [0.25, 0.3) is 5.69 Å². The molecule has 0 aliphatic carbocycles. The van der Waals surface area contributed by atoms with Crippen LogP contribution >= 0.6 is 11.6 Å². The van der Waals surface area contributed by atoms with Crippen LogP contribution in [0.1, 0.15) is 29.5 Å². The Hall–Kier alpha value is -5.27. The van der Waals surface area contributed by atoms with Crippen molar-refractivity contribution >= 4 is 34.1 Å². The Bertz CT molecular complexity index is 2080. The second-order valence-electron chi connectivity index (χ2n) is 12.5. The predicted octanol–water partition coefficient (Wildman–Crippen LogP) is 5.88. The molecule has 1 saturated heterocycles. The number of ether oxygens (including phenoxy) is 1. The maximum absolute atomic E-state index is 12.2. The molecule has 2 heterocycles. The van der Waals surface area contributed by atoms with Crippen LogP contribution in [-0.2, 0) is 24.4 Å². The largest absolute Gasteiger partial charge is 0.511 e. The molecule has 51 heavy (non-hydrogen) atoms. The number of nitrogens with zero attached hydrogens (tertiary/aromatic N) is 3. The molecule has 2 unspecified atom stereocenters. The lowest BCUT2D eigenvalue weighted by molar-refractivity contribution is -0.385. The number of rotatable bonds is 15. The summed E-state index contributed by atoms with van der Waals surface area (Å²) < 4.78 is 7.28. The van der Waals surface area contributed by atoms with Gasteiger partial charge in [-0.3, -0.25) is 19.6 Å². The quantitative estimate of drug-likeness (QED) is 0.0507. The molecule has 0 bridgehead atoms. The van der Waals surface area contributed by atoms with Gasteiger partial charge in [-0.1, -0.05) is 72.8 Å². The van der Waals surface area contributed by atoms with Crippen molar-refractivity contribution < 1.29 is 24.7 Å². The number of nitro benzene ring substituents is 1. The van der Waals surface area contributed by atoms with Crippen molar-refractivity contribution in [2.45, 2.75) is 44.6 Å². The smallest absolute Gasteiger partial charge is 0.275 e. The molecule has 13 heteroatoms. The highest BCUT2D eigenvalue weighted by Crippen LogP contribution is 2.39. The van der Waals surface area contributed by atoms with E-state index in [1.165, 1.54) is 13.2 Å². The highest BCUT2D eigenvalue weighted by atomic mass is 35.5. The summed E-state index contributed by atoms with van der Waals surface area (Å²) >= 11 is 7.10. The third-order valence-electron chi connectivity index (χ3n) is 9.17. The summed E-state index contributed by atoms with van der Waals surface area (Å²) in [7, 11) is 1.47. The molecule has 4 aromatic carbocycles. The van der Waals surface area contributed by atoms with Gasteiger partial charge in [-0.05, 0) is 35.2 Å². The number of hydrogen-bond donors (Lipinski definition) is 5.